The molecule has 148 valence electrons. The number of carboxylic acids is 1. The summed E-state index contributed by atoms with van der Waals surface area (Å²) in [7, 11) is 1.53. The zero-order chi connectivity index (χ0) is 20.0. The van der Waals surface area contributed by atoms with Crippen LogP contribution in [0.1, 0.15) is 26.3 Å². The molecule has 0 aliphatic carbocycles. The minimum absolute atomic E-state index is 0.0792. The molecule has 1 atom stereocenters. The number of fused-ring (bicyclic) bond motifs is 1. The van der Waals surface area contributed by atoms with Crippen molar-refractivity contribution < 1.29 is 23.4 Å². The first-order valence-corrected chi connectivity index (χ1v) is 9.39. The average Bonchev–Trinajstić information content (AvgIpc) is 2.94. The zero-order valence-electron chi connectivity index (χ0n) is 15.4. The number of piperidine rings is 1. The van der Waals surface area contributed by atoms with Gasteiger partial charge in [-0.3, -0.25) is 14.4 Å². The summed E-state index contributed by atoms with van der Waals surface area (Å²) in [4.78, 5) is 12.8. The smallest absolute Gasteiger partial charge is 0.310 e. The first kappa shape index (κ1) is 20.0. The Morgan fingerprint density at radius 3 is 2.78 bits per heavy atom. The Hall–Kier alpha value is -1.74. The lowest BCUT2D eigenvalue weighted by Crippen LogP contribution is -2.52. The highest BCUT2D eigenvalue weighted by Gasteiger charge is 2.47. The predicted molar refractivity (Wildman–Crippen MR) is 100 cm³/mol. The molecular weight excluding hydrogens is 424 g/mol. The minimum atomic E-state index is -3.02. The van der Waals surface area contributed by atoms with Crippen molar-refractivity contribution in [2.24, 2.45) is 5.41 Å². The van der Waals surface area contributed by atoms with E-state index in [1.54, 1.807) is 32.2 Å². The third-order valence-electron chi connectivity index (χ3n) is 4.95. The SMILES string of the molecule is COc1cc2nn(C3CCN(CC(C)(C)C(=O)O)CC3(F)F)cc2cc1Br. The van der Waals surface area contributed by atoms with Gasteiger partial charge in [-0.15, -0.1) is 0 Å². The molecule has 0 saturated carbocycles. The lowest BCUT2D eigenvalue weighted by atomic mass is 9.91. The number of benzene rings is 1. The number of aliphatic carboxylic acids is 1. The molecule has 3 rings (SSSR count). The summed E-state index contributed by atoms with van der Waals surface area (Å²) in [5, 5.41) is 14.3. The number of ether oxygens (including phenoxy) is 1. The van der Waals surface area contributed by atoms with E-state index in [1.165, 1.54) is 16.7 Å². The minimum Gasteiger partial charge on any atom is -0.495 e. The third-order valence-corrected chi connectivity index (χ3v) is 5.57. The number of rotatable bonds is 5. The molecule has 1 aromatic carbocycles. The number of carboxylic acid groups (broad SMARTS) is 1. The van der Waals surface area contributed by atoms with Crippen LogP contribution in [-0.4, -0.2) is 58.4 Å². The van der Waals surface area contributed by atoms with Gasteiger partial charge in [-0.2, -0.15) is 5.10 Å². The highest BCUT2D eigenvalue weighted by Crippen LogP contribution is 2.39. The van der Waals surface area contributed by atoms with E-state index >= 15 is 0 Å². The molecule has 2 aromatic rings. The first-order chi connectivity index (χ1) is 12.5. The second kappa shape index (κ2) is 7.01. The van der Waals surface area contributed by atoms with Crippen molar-refractivity contribution in [1.29, 1.82) is 0 Å². The molecule has 1 unspecified atom stereocenters. The molecule has 0 spiro atoms. The van der Waals surface area contributed by atoms with Crippen molar-refractivity contribution in [1.82, 2.24) is 14.7 Å². The van der Waals surface area contributed by atoms with Crippen LogP contribution in [0.2, 0.25) is 0 Å². The van der Waals surface area contributed by atoms with E-state index < -0.39 is 29.9 Å². The largest absolute Gasteiger partial charge is 0.495 e. The Morgan fingerprint density at radius 2 is 2.19 bits per heavy atom. The van der Waals surface area contributed by atoms with Crippen LogP contribution in [0.4, 0.5) is 8.78 Å². The molecule has 0 radical (unpaired) electrons. The van der Waals surface area contributed by atoms with E-state index in [9.17, 15) is 18.7 Å². The number of alkyl halides is 2. The zero-order valence-corrected chi connectivity index (χ0v) is 17.0. The van der Waals surface area contributed by atoms with Crippen LogP contribution in [0, 0.1) is 5.41 Å². The number of nitrogens with zero attached hydrogens (tertiary/aromatic N) is 3. The fraction of sp³-hybridized carbons (Fsp3) is 0.556. The van der Waals surface area contributed by atoms with Crippen molar-refractivity contribution in [3.63, 3.8) is 0 Å². The van der Waals surface area contributed by atoms with Crippen molar-refractivity contribution in [3.05, 3.63) is 22.8 Å². The summed E-state index contributed by atoms with van der Waals surface area (Å²) < 4.78 is 37.0. The van der Waals surface area contributed by atoms with Gasteiger partial charge in [0.15, 0.2) is 0 Å². The number of hydrogen-bond acceptors (Lipinski definition) is 4. The number of carbonyl (C=O) groups is 1. The van der Waals surface area contributed by atoms with E-state index in [-0.39, 0.29) is 13.0 Å². The Bertz CT molecular complexity index is 869. The second-order valence-corrected chi connectivity index (χ2v) is 8.47. The van der Waals surface area contributed by atoms with E-state index in [2.05, 4.69) is 21.0 Å². The summed E-state index contributed by atoms with van der Waals surface area (Å²) in [6.45, 7) is 3.07. The Morgan fingerprint density at radius 1 is 1.48 bits per heavy atom. The highest BCUT2D eigenvalue weighted by molar-refractivity contribution is 9.10. The van der Waals surface area contributed by atoms with Crippen LogP contribution in [0.3, 0.4) is 0 Å². The van der Waals surface area contributed by atoms with Gasteiger partial charge in [0.1, 0.15) is 11.8 Å². The van der Waals surface area contributed by atoms with Crippen molar-refractivity contribution in [3.8, 4) is 5.75 Å². The number of likely N-dealkylation sites (tertiary alicyclic amines) is 1. The van der Waals surface area contributed by atoms with Crippen LogP contribution in [-0.2, 0) is 4.79 Å². The van der Waals surface area contributed by atoms with E-state index in [4.69, 9.17) is 4.74 Å². The van der Waals surface area contributed by atoms with E-state index in [0.29, 0.717) is 17.8 Å². The van der Waals surface area contributed by atoms with Crippen molar-refractivity contribution in [2.45, 2.75) is 32.2 Å². The van der Waals surface area contributed by atoms with Gasteiger partial charge < -0.3 is 9.84 Å². The number of aromatic nitrogens is 2. The number of hydrogen-bond donors (Lipinski definition) is 1. The molecule has 1 saturated heterocycles. The molecule has 6 nitrogen and oxygen atoms in total. The standard InChI is InChI=1S/C18H22BrF2N3O3/c1-17(2,16(25)26)9-23-5-4-15(18(20,21)10-23)24-8-11-6-12(19)14(27-3)7-13(11)22-24/h6-8,15H,4-5,9-10H2,1-3H3,(H,25,26). The van der Waals surface area contributed by atoms with Gasteiger partial charge in [0.2, 0.25) is 0 Å². The molecule has 27 heavy (non-hydrogen) atoms. The topological polar surface area (TPSA) is 67.6 Å². The molecular formula is C18H22BrF2N3O3. The van der Waals surface area contributed by atoms with Gasteiger partial charge in [-0.25, -0.2) is 8.78 Å². The van der Waals surface area contributed by atoms with Gasteiger partial charge in [0.25, 0.3) is 5.92 Å². The molecule has 1 aromatic heterocycles. The van der Waals surface area contributed by atoms with Gasteiger partial charge in [-0.05, 0) is 42.3 Å². The van der Waals surface area contributed by atoms with Crippen LogP contribution in [0.5, 0.6) is 5.75 Å². The maximum absolute atomic E-state index is 14.9. The van der Waals surface area contributed by atoms with Gasteiger partial charge in [-0.1, -0.05) is 0 Å². The quantitative estimate of drug-likeness (QED) is 0.757. The third kappa shape index (κ3) is 3.94. The number of halogens is 3. The van der Waals surface area contributed by atoms with Crippen LogP contribution in [0.25, 0.3) is 10.9 Å². The van der Waals surface area contributed by atoms with Gasteiger partial charge in [0.05, 0.1) is 29.1 Å². The highest BCUT2D eigenvalue weighted by atomic mass is 79.9. The van der Waals surface area contributed by atoms with Gasteiger partial charge >= 0.3 is 5.97 Å². The fourth-order valence-corrected chi connectivity index (χ4v) is 3.97. The molecule has 0 amide bonds. The van der Waals surface area contributed by atoms with Gasteiger partial charge in [0, 0.05) is 30.7 Å². The first-order valence-electron chi connectivity index (χ1n) is 8.59. The lowest BCUT2D eigenvalue weighted by Gasteiger charge is -2.40. The molecule has 1 fully saturated rings. The fourth-order valence-electron chi connectivity index (χ4n) is 3.45. The normalized spacial score (nSPS) is 20.7. The van der Waals surface area contributed by atoms with Crippen molar-refractivity contribution >= 4 is 32.8 Å². The molecule has 9 heteroatoms. The predicted octanol–water partition coefficient (Wildman–Crippen LogP) is 3.80. The van der Waals surface area contributed by atoms with E-state index in [0.717, 1.165) is 9.86 Å². The van der Waals surface area contributed by atoms with Crippen LogP contribution < -0.4 is 4.74 Å². The summed E-state index contributed by atoms with van der Waals surface area (Å²) in [6, 6.07) is 2.43. The molecule has 1 N–H and O–H groups in total. The lowest BCUT2D eigenvalue weighted by molar-refractivity contribution is -0.151. The molecule has 1 aliphatic rings. The Kier molecular flexibility index (Phi) is 5.20. The Labute approximate surface area is 164 Å². The summed E-state index contributed by atoms with van der Waals surface area (Å²) in [6.07, 6.45) is 1.81. The van der Waals surface area contributed by atoms with Crippen molar-refractivity contribution in [2.75, 3.05) is 26.7 Å². The van der Waals surface area contributed by atoms with Crippen LogP contribution in [0.15, 0.2) is 22.8 Å². The second-order valence-electron chi connectivity index (χ2n) is 7.62. The molecule has 0 bridgehead atoms. The van der Waals surface area contributed by atoms with E-state index in [1.807, 2.05) is 0 Å². The maximum Gasteiger partial charge on any atom is 0.310 e. The summed E-state index contributed by atoms with van der Waals surface area (Å²) in [5.74, 6) is -3.42. The van der Waals surface area contributed by atoms with Crippen LogP contribution >= 0.6 is 15.9 Å². The average molecular weight is 446 g/mol. The maximum atomic E-state index is 14.9. The number of methoxy groups -OCH3 is 1. The Balaban J connectivity index is 1.82. The summed E-state index contributed by atoms with van der Waals surface area (Å²) in [5.41, 5.74) is -0.494. The monoisotopic (exact) mass is 445 g/mol. The molecule has 2 heterocycles. The summed E-state index contributed by atoms with van der Waals surface area (Å²) >= 11 is 3.39. The molecule has 1 aliphatic heterocycles.